The lowest BCUT2D eigenvalue weighted by Gasteiger charge is -2.17. The number of hydrogen-bond acceptors (Lipinski definition) is 3. The van der Waals surface area contributed by atoms with E-state index in [0.29, 0.717) is 0 Å². The Morgan fingerprint density at radius 1 is 1.32 bits per heavy atom. The molecule has 0 unspecified atom stereocenters. The number of benzene rings is 1. The van der Waals surface area contributed by atoms with Gasteiger partial charge in [-0.1, -0.05) is 6.07 Å². The van der Waals surface area contributed by atoms with Crippen LogP contribution in [0.15, 0.2) is 18.2 Å². The lowest BCUT2D eigenvalue weighted by molar-refractivity contribution is -0.122. The molecule has 0 saturated carbocycles. The van der Waals surface area contributed by atoms with Gasteiger partial charge < -0.3 is 5.32 Å². The molecule has 1 atom stereocenters. The van der Waals surface area contributed by atoms with Gasteiger partial charge in [-0.2, -0.15) is 4.72 Å². The zero-order chi connectivity index (χ0) is 14.6. The van der Waals surface area contributed by atoms with Gasteiger partial charge in [0.25, 0.3) is 0 Å². The van der Waals surface area contributed by atoms with Crippen molar-refractivity contribution in [2.24, 2.45) is 0 Å². The SMILES string of the molecule is CCS(=O)(=O)N[C@@H](C(=O)NC)c1ccc(F)c(F)c1. The van der Waals surface area contributed by atoms with Gasteiger partial charge in [0.1, 0.15) is 6.04 Å². The average Bonchev–Trinajstić information content (AvgIpc) is 2.38. The summed E-state index contributed by atoms with van der Waals surface area (Å²) >= 11 is 0. The Kier molecular flexibility index (Phi) is 4.96. The smallest absolute Gasteiger partial charge is 0.242 e. The van der Waals surface area contributed by atoms with Gasteiger partial charge in [0.15, 0.2) is 11.6 Å². The lowest BCUT2D eigenvalue weighted by Crippen LogP contribution is -2.39. The molecular weight excluding hydrogens is 278 g/mol. The fraction of sp³-hybridized carbons (Fsp3) is 0.364. The van der Waals surface area contributed by atoms with Gasteiger partial charge in [-0.3, -0.25) is 4.79 Å². The topological polar surface area (TPSA) is 75.3 Å². The van der Waals surface area contributed by atoms with Gasteiger partial charge in [0.05, 0.1) is 5.75 Å². The van der Waals surface area contributed by atoms with Crippen molar-refractivity contribution in [3.8, 4) is 0 Å². The van der Waals surface area contributed by atoms with Crippen LogP contribution in [0.4, 0.5) is 8.78 Å². The molecule has 0 aliphatic heterocycles. The van der Waals surface area contributed by atoms with Gasteiger partial charge in [-0.25, -0.2) is 17.2 Å². The first-order chi connectivity index (χ1) is 8.80. The quantitative estimate of drug-likeness (QED) is 0.838. The third-order valence-electron chi connectivity index (χ3n) is 2.46. The monoisotopic (exact) mass is 292 g/mol. The molecule has 0 spiro atoms. The summed E-state index contributed by atoms with van der Waals surface area (Å²) in [4.78, 5) is 11.6. The van der Waals surface area contributed by atoms with Gasteiger partial charge in [-0.05, 0) is 24.6 Å². The fourth-order valence-corrected chi connectivity index (χ4v) is 2.14. The number of carbonyl (C=O) groups excluding carboxylic acids is 1. The third-order valence-corrected chi connectivity index (χ3v) is 3.82. The molecule has 2 N–H and O–H groups in total. The van der Waals surface area contributed by atoms with E-state index in [2.05, 4.69) is 10.0 Å². The summed E-state index contributed by atoms with van der Waals surface area (Å²) in [6, 6.07) is 1.47. The van der Waals surface area contributed by atoms with Crippen LogP contribution < -0.4 is 10.0 Å². The highest BCUT2D eigenvalue weighted by Crippen LogP contribution is 2.17. The molecule has 106 valence electrons. The molecule has 0 heterocycles. The van der Waals surface area contributed by atoms with Crippen molar-refractivity contribution in [2.45, 2.75) is 13.0 Å². The van der Waals surface area contributed by atoms with Gasteiger partial charge in [-0.15, -0.1) is 0 Å². The minimum Gasteiger partial charge on any atom is -0.357 e. The molecule has 1 amide bonds. The number of rotatable bonds is 5. The van der Waals surface area contributed by atoms with Crippen LogP contribution in [0.1, 0.15) is 18.5 Å². The summed E-state index contributed by atoms with van der Waals surface area (Å²) in [5, 5.41) is 2.26. The second-order valence-corrected chi connectivity index (χ2v) is 5.78. The summed E-state index contributed by atoms with van der Waals surface area (Å²) < 4.78 is 51.1. The first-order valence-electron chi connectivity index (χ1n) is 5.47. The first kappa shape index (κ1) is 15.5. The van der Waals surface area contributed by atoms with Crippen molar-refractivity contribution in [1.82, 2.24) is 10.0 Å². The van der Waals surface area contributed by atoms with E-state index in [0.717, 1.165) is 18.2 Å². The molecule has 0 saturated heterocycles. The lowest BCUT2D eigenvalue weighted by atomic mass is 10.1. The summed E-state index contributed by atoms with van der Waals surface area (Å²) in [6.07, 6.45) is 0. The minimum absolute atomic E-state index is 0.0234. The largest absolute Gasteiger partial charge is 0.357 e. The molecule has 1 aromatic rings. The highest BCUT2D eigenvalue weighted by atomic mass is 32.2. The van der Waals surface area contributed by atoms with Crippen LogP contribution in [0.5, 0.6) is 0 Å². The van der Waals surface area contributed by atoms with Crippen LogP contribution >= 0.6 is 0 Å². The van der Waals surface area contributed by atoms with Crippen molar-refractivity contribution in [1.29, 1.82) is 0 Å². The maximum atomic E-state index is 13.1. The molecule has 0 bridgehead atoms. The second-order valence-electron chi connectivity index (χ2n) is 3.74. The number of amides is 1. The standard InChI is InChI=1S/C11H14F2N2O3S/c1-3-19(17,18)15-10(11(16)14-2)7-4-5-8(12)9(13)6-7/h4-6,10,15H,3H2,1-2H3,(H,14,16)/t10-/m1/s1. The summed E-state index contributed by atoms with van der Waals surface area (Å²) in [7, 11) is -2.36. The van der Waals surface area contributed by atoms with Gasteiger partial charge >= 0.3 is 0 Å². The van der Waals surface area contributed by atoms with Crippen molar-refractivity contribution in [3.05, 3.63) is 35.4 Å². The van der Waals surface area contributed by atoms with Crippen LogP contribution in [-0.2, 0) is 14.8 Å². The van der Waals surface area contributed by atoms with E-state index in [-0.39, 0.29) is 11.3 Å². The Morgan fingerprint density at radius 3 is 2.42 bits per heavy atom. The number of carbonyl (C=O) groups is 1. The molecule has 5 nitrogen and oxygen atoms in total. The van der Waals surface area contributed by atoms with E-state index < -0.39 is 33.6 Å². The molecular formula is C11H14F2N2O3S. The molecule has 0 radical (unpaired) electrons. The van der Waals surface area contributed by atoms with Crippen molar-refractivity contribution in [3.63, 3.8) is 0 Å². The fourth-order valence-electron chi connectivity index (χ4n) is 1.37. The molecule has 0 fully saturated rings. The van der Waals surface area contributed by atoms with Gasteiger partial charge in [0.2, 0.25) is 15.9 Å². The molecule has 8 heteroatoms. The highest BCUT2D eigenvalue weighted by Gasteiger charge is 2.25. The Bertz CT molecular complexity index is 575. The van der Waals surface area contributed by atoms with E-state index in [1.54, 1.807) is 0 Å². The van der Waals surface area contributed by atoms with Crippen molar-refractivity contribution < 1.29 is 22.0 Å². The predicted molar refractivity (Wildman–Crippen MR) is 65.8 cm³/mol. The third kappa shape index (κ3) is 3.97. The Morgan fingerprint density at radius 2 is 1.95 bits per heavy atom. The molecule has 1 rings (SSSR count). The number of hydrogen-bond donors (Lipinski definition) is 2. The Hall–Kier alpha value is -1.54. The maximum Gasteiger partial charge on any atom is 0.242 e. The first-order valence-corrected chi connectivity index (χ1v) is 7.12. The van der Waals surface area contributed by atoms with Crippen molar-refractivity contribution >= 4 is 15.9 Å². The Labute approximate surface area is 110 Å². The van der Waals surface area contributed by atoms with E-state index in [4.69, 9.17) is 0 Å². The van der Waals surface area contributed by atoms with Gasteiger partial charge in [0, 0.05) is 7.05 Å². The van der Waals surface area contributed by atoms with E-state index in [9.17, 15) is 22.0 Å². The van der Waals surface area contributed by atoms with E-state index in [1.165, 1.54) is 14.0 Å². The molecule has 19 heavy (non-hydrogen) atoms. The minimum atomic E-state index is -3.67. The molecule has 0 aliphatic rings. The second kappa shape index (κ2) is 6.07. The molecule has 0 aromatic heterocycles. The zero-order valence-corrected chi connectivity index (χ0v) is 11.2. The average molecular weight is 292 g/mol. The normalized spacial score (nSPS) is 13.1. The summed E-state index contributed by atoms with van der Waals surface area (Å²) in [5.74, 6) is -3.12. The molecule has 1 aromatic carbocycles. The number of sulfonamides is 1. The Balaban J connectivity index is 3.17. The maximum absolute atomic E-state index is 13.1. The number of likely N-dealkylation sites (N-methyl/N-ethyl adjacent to an activating group) is 1. The number of nitrogens with one attached hydrogen (secondary N) is 2. The molecule has 0 aliphatic carbocycles. The summed E-state index contributed by atoms with van der Waals surface area (Å²) in [6.45, 7) is 1.40. The van der Waals surface area contributed by atoms with Crippen molar-refractivity contribution in [2.75, 3.05) is 12.8 Å². The summed E-state index contributed by atoms with van der Waals surface area (Å²) in [5.41, 5.74) is 0.0234. The van der Waals surface area contributed by atoms with Crippen LogP contribution in [0, 0.1) is 11.6 Å². The van der Waals surface area contributed by atoms with Crippen LogP contribution in [0.2, 0.25) is 0 Å². The van der Waals surface area contributed by atoms with Crippen LogP contribution in [0.25, 0.3) is 0 Å². The highest BCUT2D eigenvalue weighted by molar-refractivity contribution is 7.89. The van der Waals surface area contributed by atoms with E-state index in [1.807, 2.05) is 0 Å². The predicted octanol–water partition coefficient (Wildman–Crippen LogP) is 0.691. The van der Waals surface area contributed by atoms with Crippen LogP contribution in [0.3, 0.4) is 0 Å². The van der Waals surface area contributed by atoms with Crippen LogP contribution in [-0.4, -0.2) is 27.1 Å². The van der Waals surface area contributed by atoms with E-state index >= 15 is 0 Å². The zero-order valence-electron chi connectivity index (χ0n) is 10.4. The number of halogens is 2.